The predicted octanol–water partition coefficient (Wildman–Crippen LogP) is -0.0321. The fraction of sp³-hybridized carbons (Fsp3) is 0. The minimum Gasteiger partial charge on any atom is -0.404 e. The minimum absolute atomic E-state index is 0.0301. The molecule has 0 saturated heterocycles. The fourth-order valence-corrected chi connectivity index (χ4v) is 0.385. The van der Waals surface area contributed by atoms with E-state index >= 15 is 0 Å². The maximum atomic E-state index is 10.2. The largest absolute Gasteiger partial charge is 0.404 e. The van der Waals surface area contributed by atoms with Crippen LogP contribution in [0.2, 0.25) is 0 Å². The summed E-state index contributed by atoms with van der Waals surface area (Å²) in [6, 6.07) is 0. The molecule has 36 valence electrons. The van der Waals surface area contributed by atoms with Crippen molar-refractivity contribution in [2.45, 2.75) is 0 Å². The molecule has 0 atom stereocenters. The highest BCUT2D eigenvalue weighted by Gasteiger charge is 2.08. The molecule has 0 aliphatic heterocycles. The number of rotatable bonds is 0. The van der Waals surface area contributed by atoms with Crippen LogP contribution in [0.3, 0.4) is 0 Å². The van der Waals surface area contributed by atoms with Crippen LogP contribution in [0.4, 0.5) is 0 Å². The zero-order valence-electron chi connectivity index (χ0n) is 3.72. The van der Waals surface area contributed by atoms with Crippen molar-refractivity contribution in [3.05, 3.63) is 23.9 Å². The van der Waals surface area contributed by atoms with Crippen LogP contribution in [0.5, 0.6) is 0 Å². The molecule has 0 aromatic heterocycles. The third-order valence-corrected chi connectivity index (χ3v) is 0.878. The molecule has 2 nitrogen and oxygen atoms in total. The van der Waals surface area contributed by atoms with Crippen LogP contribution in [0, 0.1) is 0 Å². The summed E-state index contributed by atoms with van der Waals surface area (Å²) in [6.07, 6.45) is 4.48. The first-order valence-corrected chi connectivity index (χ1v) is 1.99. The number of hydrogen-bond donors (Lipinski definition) is 1. The number of nitrogens with two attached hydrogens (primary N) is 1. The minimum atomic E-state index is 0.0301. The summed E-state index contributed by atoms with van der Waals surface area (Å²) in [5.41, 5.74) is 5.60. The summed E-state index contributed by atoms with van der Waals surface area (Å²) in [5, 5.41) is 0. The Labute approximate surface area is 41.3 Å². The van der Waals surface area contributed by atoms with Gasteiger partial charge in [0.25, 0.3) is 0 Å². The lowest BCUT2D eigenvalue weighted by Gasteiger charge is -2.01. The van der Waals surface area contributed by atoms with Crippen LogP contribution in [-0.4, -0.2) is 5.78 Å². The van der Waals surface area contributed by atoms with Crippen molar-refractivity contribution in [2.75, 3.05) is 0 Å². The molecule has 1 rings (SSSR count). The molecule has 0 heterocycles. The quantitative estimate of drug-likeness (QED) is 0.429. The first-order chi connectivity index (χ1) is 3.34. The molecule has 0 spiro atoms. The van der Waals surface area contributed by atoms with Crippen molar-refractivity contribution < 1.29 is 4.79 Å². The van der Waals surface area contributed by atoms with Gasteiger partial charge in [0, 0.05) is 11.8 Å². The average Bonchev–Trinajstić information content (AvgIpc) is 1.65. The third-order valence-electron chi connectivity index (χ3n) is 0.878. The Morgan fingerprint density at radius 3 is 2.29 bits per heavy atom. The molecule has 0 unspecified atom stereocenters. The van der Waals surface area contributed by atoms with Gasteiger partial charge in [0.05, 0.1) is 0 Å². The Bertz CT molecular complexity index is 155. The van der Waals surface area contributed by atoms with Crippen molar-refractivity contribution in [2.24, 2.45) is 5.73 Å². The lowest BCUT2D eigenvalue weighted by molar-refractivity contribution is -0.111. The van der Waals surface area contributed by atoms with E-state index in [1.165, 1.54) is 12.3 Å². The van der Waals surface area contributed by atoms with Crippen molar-refractivity contribution in [1.29, 1.82) is 0 Å². The van der Waals surface area contributed by atoms with Crippen molar-refractivity contribution in [3.8, 4) is 0 Å². The maximum absolute atomic E-state index is 10.2. The van der Waals surface area contributed by atoms with Gasteiger partial charge in [-0.25, -0.2) is 0 Å². The van der Waals surface area contributed by atoms with Gasteiger partial charge < -0.3 is 5.73 Å². The van der Waals surface area contributed by atoms with Crippen LogP contribution in [0.15, 0.2) is 23.9 Å². The topological polar surface area (TPSA) is 43.1 Å². The summed E-state index contributed by atoms with van der Waals surface area (Å²) in [5.74, 6) is 0.0301. The van der Waals surface area contributed by atoms with E-state index in [-0.39, 0.29) is 5.78 Å². The smallest absolute Gasteiger partial charge is 0.187 e. The van der Waals surface area contributed by atoms with Gasteiger partial charge in [-0.2, -0.15) is 0 Å². The first-order valence-electron chi connectivity index (χ1n) is 1.99. The normalized spacial score (nSPS) is 22.9. The number of allylic oxidation sites excluding steroid dienone is 3. The van der Waals surface area contributed by atoms with E-state index in [0.717, 1.165) is 0 Å². The predicted molar refractivity (Wildman–Crippen MR) is 26.4 cm³/mol. The van der Waals surface area contributed by atoms with Gasteiger partial charge in [-0.1, -0.05) is 0 Å². The maximum Gasteiger partial charge on any atom is 0.187 e. The second kappa shape index (κ2) is 1.22. The van der Waals surface area contributed by atoms with Gasteiger partial charge in [-0.3, -0.25) is 4.79 Å². The summed E-state index contributed by atoms with van der Waals surface area (Å²) in [4.78, 5) is 10.2. The number of carbonyl (C=O) groups is 1. The molecule has 0 amide bonds. The summed E-state index contributed by atoms with van der Waals surface area (Å²) < 4.78 is 0. The van der Waals surface area contributed by atoms with E-state index in [1.807, 2.05) is 0 Å². The van der Waals surface area contributed by atoms with E-state index < -0.39 is 0 Å². The summed E-state index contributed by atoms with van der Waals surface area (Å²) in [6.45, 7) is 0. The Kier molecular flexibility index (Phi) is 0.719. The molecular weight excluding hydrogens is 90.1 g/mol. The molecule has 0 fully saturated rings. The highest BCUT2D eigenvalue weighted by molar-refractivity contribution is 6.13. The third kappa shape index (κ3) is 0.435. The molecule has 0 saturated carbocycles. The fourth-order valence-electron chi connectivity index (χ4n) is 0.385. The monoisotopic (exact) mass is 95.0 g/mol. The highest BCUT2D eigenvalue weighted by Crippen LogP contribution is 2.07. The molecular formula is C5H5NO. The molecule has 1 aliphatic rings. The van der Waals surface area contributed by atoms with Gasteiger partial charge in [0.1, 0.15) is 0 Å². The number of carbonyl (C=O) groups excluding carboxylic acids is 1. The lowest BCUT2D eigenvalue weighted by atomic mass is 10.0. The van der Waals surface area contributed by atoms with E-state index in [2.05, 4.69) is 0 Å². The molecule has 0 radical (unpaired) electrons. The molecule has 0 aromatic rings. The van der Waals surface area contributed by atoms with Crippen LogP contribution in [0.25, 0.3) is 0 Å². The van der Waals surface area contributed by atoms with Gasteiger partial charge in [0.2, 0.25) is 0 Å². The number of hydrogen-bond acceptors (Lipinski definition) is 2. The Balaban J connectivity index is 2.85. The zero-order valence-corrected chi connectivity index (χ0v) is 3.72. The molecule has 2 heteroatoms. The second-order valence-corrected chi connectivity index (χ2v) is 1.32. The van der Waals surface area contributed by atoms with E-state index in [1.54, 1.807) is 6.08 Å². The Hall–Kier alpha value is -1.05. The standard InChI is InChI=1S/C5H5NO/c6-3-4-1-2-5(4)7/h1-3H,6H2/b4-3-. The second-order valence-electron chi connectivity index (χ2n) is 1.32. The average molecular weight is 95.1 g/mol. The van der Waals surface area contributed by atoms with Crippen molar-refractivity contribution >= 4 is 5.78 Å². The molecule has 7 heavy (non-hydrogen) atoms. The first kappa shape index (κ1) is 4.12. The van der Waals surface area contributed by atoms with Gasteiger partial charge in [0.15, 0.2) is 5.78 Å². The van der Waals surface area contributed by atoms with Crippen LogP contribution >= 0.6 is 0 Å². The summed E-state index contributed by atoms with van der Waals surface area (Å²) in [7, 11) is 0. The number of ketones is 1. The molecule has 0 bridgehead atoms. The van der Waals surface area contributed by atoms with Crippen LogP contribution < -0.4 is 5.73 Å². The van der Waals surface area contributed by atoms with Gasteiger partial charge >= 0.3 is 0 Å². The van der Waals surface area contributed by atoms with Crippen LogP contribution in [0.1, 0.15) is 0 Å². The van der Waals surface area contributed by atoms with Gasteiger partial charge in [-0.15, -0.1) is 0 Å². The Morgan fingerprint density at radius 2 is 2.29 bits per heavy atom. The van der Waals surface area contributed by atoms with Gasteiger partial charge in [-0.05, 0) is 12.2 Å². The lowest BCUT2D eigenvalue weighted by Crippen LogP contribution is -2.06. The summed E-state index contributed by atoms with van der Waals surface area (Å²) >= 11 is 0. The van der Waals surface area contributed by atoms with E-state index in [0.29, 0.717) is 5.57 Å². The molecule has 1 aliphatic carbocycles. The zero-order chi connectivity index (χ0) is 5.28. The molecule has 2 N–H and O–H groups in total. The SMILES string of the molecule is N/C=C1/C=CC1=O. The van der Waals surface area contributed by atoms with E-state index in [4.69, 9.17) is 5.73 Å². The highest BCUT2D eigenvalue weighted by atomic mass is 16.1. The van der Waals surface area contributed by atoms with E-state index in [9.17, 15) is 4.79 Å². The van der Waals surface area contributed by atoms with Crippen LogP contribution in [-0.2, 0) is 4.79 Å². The molecule has 0 aromatic carbocycles. The Morgan fingerprint density at radius 1 is 1.57 bits per heavy atom. The van der Waals surface area contributed by atoms with Crippen molar-refractivity contribution in [3.63, 3.8) is 0 Å². The van der Waals surface area contributed by atoms with Crippen molar-refractivity contribution in [1.82, 2.24) is 0 Å².